The number of hydrogen-bond donors (Lipinski definition) is 2. The van der Waals surface area contributed by atoms with Crippen LogP contribution >= 0.6 is 0 Å². The molecule has 0 saturated carbocycles. The molecule has 0 aliphatic rings. The highest BCUT2D eigenvalue weighted by atomic mass is 15.4. The van der Waals surface area contributed by atoms with Crippen molar-refractivity contribution in [2.45, 2.75) is 13.1 Å². The molecule has 0 aliphatic carbocycles. The predicted octanol–water partition coefficient (Wildman–Crippen LogP) is 0.396. The van der Waals surface area contributed by atoms with Crippen molar-refractivity contribution in [1.29, 1.82) is 0 Å². The Bertz CT molecular complexity index is 301. The molecule has 0 amide bonds. The molecule has 0 unspecified atom stereocenters. The summed E-state index contributed by atoms with van der Waals surface area (Å²) in [5.41, 5.74) is 1.20. The van der Waals surface area contributed by atoms with Crippen LogP contribution < -0.4 is 5.32 Å². The van der Waals surface area contributed by atoms with Crippen LogP contribution in [0.2, 0.25) is 0 Å². The van der Waals surface area contributed by atoms with Crippen molar-refractivity contribution in [2.24, 2.45) is 0 Å². The first-order valence-corrected chi connectivity index (χ1v) is 4.62. The van der Waals surface area contributed by atoms with Crippen molar-refractivity contribution < 1.29 is 0 Å². The molecule has 0 fully saturated rings. The smallest absolute Gasteiger partial charge is 0.0692 e. The van der Waals surface area contributed by atoms with Gasteiger partial charge in [-0.15, -0.1) is 5.10 Å². The fourth-order valence-electron chi connectivity index (χ4n) is 1.25. The number of hydrogen-bond acceptors (Lipinski definition) is 3. The molecule has 0 aliphatic heterocycles. The second-order valence-corrected chi connectivity index (χ2v) is 3.04. The number of aromatic amines is 1. The molecule has 2 aromatic heterocycles. The molecule has 2 aromatic rings. The SMILES string of the molecule is c1c[nH]c(CNCCn2ccnn2)c1. The van der Waals surface area contributed by atoms with E-state index in [9.17, 15) is 0 Å². The summed E-state index contributed by atoms with van der Waals surface area (Å²) in [5, 5.41) is 10.9. The average molecular weight is 191 g/mol. The average Bonchev–Trinajstić information content (AvgIpc) is 2.86. The normalized spacial score (nSPS) is 10.6. The van der Waals surface area contributed by atoms with E-state index < -0.39 is 0 Å². The lowest BCUT2D eigenvalue weighted by Crippen LogP contribution is -2.19. The van der Waals surface area contributed by atoms with Gasteiger partial charge in [0.05, 0.1) is 12.7 Å². The van der Waals surface area contributed by atoms with E-state index >= 15 is 0 Å². The Morgan fingerprint density at radius 2 is 2.50 bits per heavy atom. The molecule has 2 heterocycles. The van der Waals surface area contributed by atoms with E-state index in [1.165, 1.54) is 5.69 Å². The molecule has 14 heavy (non-hydrogen) atoms. The predicted molar refractivity (Wildman–Crippen MR) is 52.5 cm³/mol. The fraction of sp³-hybridized carbons (Fsp3) is 0.333. The Labute approximate surface area is 82.1 Å². The Kier molecular flexibility index (Phi) is 2.92. The molecular formula is C9H13N5. The summed E-state index contributed by atoms with van der Waals surface area (Å²) in [6.07, 6.45) is 5.47. The molecule has 0 spiro atoms. The molecule has 2 N–H and O–H groups in total. The molecule has 5 heteroatoms. The second-order valence-electron chi connectivity index (χ2n) is 3.04. The maximum absolute atomic E-state index is 3.87. The molecule has 0 aromatic carbocycles. The minimum Gasteiger partial charge on any atom is -0.364 e. The molecule has 74 valence electrons. The molecule has 0 atom stereocenters. The Morgan fingerprint density at radius 3 is 3.21 bits per heavy atom. The van der Waals surface area contributed by atoms with Crippen LogP contribution in [0.3, 0.4) is 0 Å². The van der Waals surface area contributed by atoms with E-state index in [2.05, 4.69) is 26.7 Å². The van der Waals surface area contributed by atoms with Gasteiger partial charge in [0, 0.05) is 31.2 Å². The fourth-order valence-corrected chi connectivity index (χ4v) is 1.25. The Hall–Kier alpha value is -1.62. The van der Waals surface area contributed by atoms with Crippen molar-refractivity contribution in [2.75, 3.05) is 6.54 Å². The van der Waals surface area contributed by atoms with Crippen molar-refractivity contribution in [1.82, 2.24) is 25.3 Å². The van der Waals surface area contributed by atoms with E-state index in [-0.39, 0.29) is 0 Å². The van der Waals surface area contributed by atoms with E-state index in [1.54, 1.807) is 6.20 Å². The maximum atomic E-state index is 3.87. The topological polar surface area (TPSA) is 58.5 Å². The summed E-state index contributed by atoms with van der Waals surface area (Å²) in [6, 6.07) is 4.05. The molecular weight excluding hydrogens is 178 g/mol. The quantitative estimate of drug-likeness (QED) is 0.672. The van der Waals surface area contributed by atoms with E-state index in [0.717, 1.165) is 19.6 Å². The highest BCUT2D eigenvalue weighted by molar-refractivity contribution is 5.02. The molecule has 0 saturated heterocycles. The first-order chi connectivity index (χ1) is 6.95. The zero-order chi connectivity index (χ0) is 9.64. The van der Waals surface area contributed by atoms with Crippen LogP contribution in [0, 0.1) is 0 Å². The summed E-state index contributed by atoms with van der Waals surface area (Å²) in [7, 11) is 0. The summed E-state index contributed by atoms with van der Waals surface area (Å²) >= 11 is 0. The third kappa shape index (κ3) is 2.43. The largest absolute Gasteiger partial charge is 0.364 e. The summed E-state index contributed by atoms with van der Waals surface area (Å²) < 4.78 is 1.81. The van der Waals surface area contributed by atoms with Gasteiger partial charge in [-0.1, -0.05) is 5.21 Å². The van der Waals surface area contributed by atoms with Crippen LogP contribution in [-0.2, 0) is 13.1 Å². The molecule has 0 radical (unpaired) electrons. The van der Waals surface area contributed by atoms with Gasteiger partial charge in [-0.05, 0) is 12.1 Å². The highest BCUT2D eigenvalue weighted by Gasteiger charge is 1.93. The van der Waals surface area contributed by atoms with Gasteiger partial charge in [0.2, 0.25) is 0 Å². The lowest BCUT2D eigenvalue weighted by Gasteiger charge is -2.02. The number of aromatic nitrogens is 4. The van der Waals surface area contributed by atoms with Crippen molar-refractivity contribution >= 4 is 0 Å². The Morgan fingerprint density at radius 1 is 1.50 bits per heavy atom. The lowest BCUT2D eigenvalue weighted by atomic mass is 10.4. The third-order valence-corrected chi connectivity index (χ3v) is 1.97. The molecule has 2 rings (SSSR count). The molecule has 5 nitrogen and oxygen atoms in total. The van der Waals surface area contributed by atoms with Crippen molar-refractivity contribution in [3.63, 3.8) is 0 Å². The molecule has 0 bridgehead atoms. The van der Waals surface area contributed by atoms with Gasteiger partial charge in [0.1, 0.15) is 0 Å². The first-order valence-electron chi connectivity index (χ1n) is 4.62. The van der Waals surface area contributed by atoms with Gasteiger partial charge in [-0.3, -0.25) is 4.68 Å². The van der Waals surface area contributed by atoms with Gasteiger partial charge in [0.25, 0.3) is 0 Å². The zero-order valence-electron chi connectivity index (χ0n) is 7.85. The van der Waals surface area contributed by atoms with Gasteiger partial charge < -0.3 is 10.3 Å². The van der Waals surface area contributed by atoms with Crippen LogP contribution in [0.5, 0.6) is 0 Å². The zero-order valence-corrected chi connectivity index (χ0v) is 7.85. The first kappa shape index (κ1) is 8.96. The number of nitrogens with one attached hydrogen (secondary N) is 2. The standard InChI is InChI=1S/C9H13N5/c1-2-9(11-3-1)8-10-4-6-14-7-5-12-13-14/h1-3,5,7,10-11H,4,6,8H2. The van der Waals surface area contributed by atoms with Gasteiger partial charge in [0.15, 0.2) is 0 Å². The van der Waals surface area contributed by atoms with E-state index in [0.29, 0.717) is 0 Å². The Balaban J connectivity index is 1.65. The van der Waals surface area contributed by atoms with Gasteiger partial charge in [-0.25, -0.2) is 0 Å². The maximum Gasteiger partial charge on any atom is 0.0692 e. The van der Waals surface area contributed by atoms with E-state index in [4.69, 9.17) is 0 Å². The van der Waals surface area contributed by atoms with Crippen LogP contribution in [0.1, 0.15) is 5.69 Å². The minimum atomic E-state index is 0.848. The van der Waals surface area contributed by atoms with Crippen LogP contribution in [-0.4, -0.2) is 26.5 Å². The summed E-state index contributed by atoms with van der Waals surface area (Å²) in [6.45, 7) is 2.60. The number of H-pyrrole nitrogens is 1. The highest BCUT2D eigenvalue weighted by Crippen LogP contribution is 1.92. The monoisotopic (exact) mass is 191 g/mol. The summed E-state index contributed by atoms with van der Waals surface area (Å²) in [5.74, 6) is 0. The third-order valence-electron chi connectivity index (χ3n) is 1.97. The summed E-state index contributed by atoms with van der Waals surface area (Å²) in [4.78, 5) is 3.13. The lowest BCUT2D eigenvalue weighted by molar-refractivity contribution is 0.538. The van der Waals surface area contributed by atoms with Crippen LogP contribution in [0.25, 0.3) is 0 Å². The van der Waals surface area contributed by atoms with Crippen molar-refractivity contribution in [3.05, 3.63) is 36.4 Å². The number of rotatable bonds is 5. The second kappa shape index (κ2) is 4.57. The van der Waals surface area contributed by atoms with E-state index in [1.807, 2.05) is 23.1 Å². The van der Waals surface area contributed by atoms with Gasteiger partial charge in [-0.2, -0.15) is 0 Å². The van der Waals surface area contributed by atoms with Crippen LogP contribution in [0.15, 0.2) is 30.7 Å². The van der Waals surface area contributed by atoms with Gasteiger partial charge >= 0.3 is 0 Å². The minimum absolute atomic E-state index is 0.848. The number of nitrogens with zero attached hydrogens (tertiary/aromatic N) is 3. The van der Waals surface area contributed by atoms with Crippen molar-refractivity contribution in [3.8, 4) is 0 Å². The van der Waals surface area contributed by atoms with Crippen LogP contribution in [0.4, 0.5) is 0 Å².